The van der Waals surface area contributed by atoms with Gasteiger partial charge in [0.05, 0.1) is 12.0 Å². The minimum atomic E-state index is -0.649. The first kappa shape index (κ1) is 15.2. The molecule has 1 saturated heterocycles. The molecule has 2 aromatic rings. The summed E-state index contributed by atoms with van der Waals surface area (Å²) in [5, 5.41) is 6.28. The van der Waals surface area contributed by atoms with E-state index < -0.39 is 17.8 Å². The van der Waals surface area contributed by atoms with Crippen LogP contribution in [-0.2, 0) is 9.59 Å². The highest BCUT2D eigenvalue weighted by atomic mass is 19.1. The number of nitrogens with one attached hydrogen (secondary N) is 1. The summed E-state index contributed by atoms with van der Waals surface area (Å²) in [6.07, 6.45) is 1.95. The van der Waals surface area contributed by atoms with Gasteiger partial charge in [0, 0.05) is 25.1 Å². The van der Waals surface area contributed by atoms with Crippen molar-refractivity contribution < 1.29 is 18.5 Å². The smallest absolute Gasteiger partial charge is 0.231 e. The van der Waals surface area contributed by atoms with E-state index in [4.69, 9.17) is 0 Å². The monoisotopic (exact) mass is 317 g/mol. The van der Waals surface area contributed by atoms with Crippen molar-refractivity contribution in [3.63, 3.8) is 0 Å². The number of nitrogens with zero attached hydrogens (tertiary/aromatic N) is 2. The lowest BCUT2D eigenvalue weighted by molar-refractivity contribution is -0.140. The number of likely N-dealkylation sites (tertiary alicyclic amines) is 1. The lowest BCUT2D eigenvalue weighted by Gasteiger charge is -2.38. The molecule has 2 atom stereocenters. The number of hydrogen-bond donors (Lipinski definition) is 1. The minimum Gasteiger partial charge on any atom is -0.363 e. The summed E-state index contributed by atoms with van der Waals surface area (Å²) in [5.41, 5.74) is 0.336. The van der Waals surface area contributed by atoms with Crippen LogP contribution >= 0.6 is 0 Å². The summed E-state index contributed by atoms with van der Waals surface area (Å²) >= 11 is 0. The van der Waals surface area contributed by atoms with Gasteiger partial charge in [0.1, 0.15) is 12.1 Å². The van der Waals surface area contributed by atoms with Gasteiger partial charge in [-0.1, -0.05) is 23.4 Å². The molecule has 1 aliphatic rings. The zero-order valence-electron chi connectivity index (χ0n) is 12.5. The Morgan fingerprint density at radius 3 is 2.87 bits per heavy atom. The van der Waals surface area contributed by atoms with Crippen LogP contribution in [0.5, 0.6) is 0 Å². The Morgan fingerprint density at radius 1 is 1.39 bits per heavy atom. The number of anilines is 1. The minimum absolute atomic E-state index is 0.108. The Bertz CT molecular complexity index is 717. The van der Waals surface area contributed by atoms with Crippen molar-refractivity contribution in [3.8, 4) is 0 Å². The van der Waals surface area contributed by atoms with Crippen molar-refractivity contribution in [2.24, 2.45) is 5.92 Å². The lowest BCUT2D eigenvalue weighted by Crippen LogP contribution is -2.44. The first-order valence-corrected chi connectivity index (χ1v) is 7.29. The number of amides is 2. The van der Waals surface area contributed by atoms with Gasteiger partial charge >= 0.3 is 0 Å². The van der Waals surface area contributed by atoms with Gasteiger partial charge in [-0.05, 0) is 12.5 Å². The first-order valence-electron chi connectivity index (χ1n) is 7.29. The van der Waals surface area contributed by atoms with E-state index in [9.17, 15) is 14.0 Å². The van der Waals surface area contributed by atoms with E-state index in [-0.39, 0.29) is 18.2 Å². The first-order chi connectivity index (χ1) is 11.1. The Labute approximate surface area is 132 Å². The molecule has 0 bridgehead atoms. The van der Waals surface area contributed by atoms with Gasteiger partial charge in [-0.25, -0.2) is 4.39 Å². The number of rotatable bonds is 3. The van der Waals surface area contributed by atoms with Gasteiger partial charge in [-0.3, -0.25) is 9.59 Å². The van der Waals surface area contributed by atoms with Crippen molar-refractivity contribution >= 4 is 17.6 Å². The van der Waals surface area contributed by atoms with E-state index in [1.807, 2.05) is 0 Å². The van der Waals surface area contributed by atoms with Crippen molar-refractivity contribution in [2.75, 3.05) is 12.4 Å². The largest absolute Gasteiger partial charge is 0.363 e. The van der Waals surface area contributed by atoms with Crippen molar-refractivity contribution in [1.29, 1.82) is 0 Å². The Balaban J connectivity index is 1.91. The fourth-order valence-electron chi connectivity index (χ4n) is 2.95. The molecule has 120 valence electrons. The maximum Gasteiger partial charge on any atom is 0.231 e. The van der Waals surface area contributed by atoms with E-state index in [1.165, 1.54) is 23.3 Å². The van der Waals surface area contributed by atoms with Crippen LogP contribution in [0.4, 0.5) is 10.2 Å². The van der Waals surface area contributed by atoms with Gasteiger partial charge in [-0.15, -0.1) is 0 Å². The molecular weight excluding hydrogens is 301 g/mol. The highest BCUT2D eigenvalue weighted by molar-refractivity contribution is 5.93. The molecule has 0 aliphatic carbocycles. The van der Waals surface area contributed by atoms with Gasteiger partial charge in [0.25, 0.3) is 0 Å². The summed E-state index contributed by atoms with van der Waals surface area (Å²) in [6.45, 7) is 0. The molecule has 2 heterocycles. The third-order valence-electron chi connectivity index (χ3n) is 4.11. The number of hydrogen-bond acceptors (Lipinski definition) is 4. The zero-order valence-corrected chi connectivity index (χ0v) is 12.5. The van der Waals surface area contributed by atoms with Crippen molar-refractivity contribution in [2.45, 2.75) is 18.9 Å². The standard InChI is InChI=1S/C16H16FN3O3/c1-20-14(21)7-6-11(16(22)18-13-8-9-23-19-13)15(20)10-4-2-3-5-12(10)17/h2-5,8-9,11,15H,6-7H2,1H3,(H,18,19,22)/t11-,15-/m0/s1. The molecule has 1 aliphatic heterocycles. The van der Waals surface area contributed by atoms with E-state index in [0.29, 0.717) is 17.8 Å². The highest BCUT2D eigenvalue weighted by Gasteiger charge is 2.40. The van der Waals surface area contributed by atoms with Crippen LogP contribution in [0.25, 0.3) is 0 Å². The topological polar surface area (TPSA) is 75.4 Å². The maximum atomic E-state index is 14.2. The average Bonchev–Trinajstić information content (AvgIpc) is 3.03. The molecule has 1 aromatic heterocycles. The van der Waals surface area contributed by atoms with Crippen LogP contribution in [0.1, 0.15) is 24.4 Å². The van der Waals surface area contributed by atoms with Crippen molar-refractivity contribution in [3.05, 3.63) is 48.0 Å². The molecule has 1 aromatic carbocycles. The Hall–Kier alpha value is -2.70. The van der Waals surface area contributed by atoms with E-state index >= 15 is 0 Å². The third kappa shape index (κ3) is 2.94. The Morgan fingerprint density at radius 2 is 2.17 bits per heavy atom. The number of halogens is 1. The fraction of sp³-hybridized carbons (Fsp3) is 0.312. The fourth-order valence-corrected chi connectivity index (χ4v) is 2.95. The molecule has 3 rings (SSSR count). The van der Waals surface area contributed by atoms with E-state index in [0.717, 1.165) is 0 Å². The molecule has 1 N–H and O–H groups in total. The van der Waals surface area contributed by atoms with E-state index in [1.54, 1.807) is 25.2 Å². The van der Waals surface area contributed by atoms with Gasteiger partial charge < -0.3 is 14.7 Å². The molecule has 7 heteroatoms. The van der Waals surface area contributed by atoms with Crippen molar-refractivity contribution in [1.82, 2.24) is 10.1 Å². The number of aromatic nitrogens is 1. The summed E-state index contributed by atoms with van der Waals surface area (Å²) in [6, 6.07) is 7.07. The van der Waals surface area contributed by atoms with Crippen LogP contribution in [0.2, 0.25) is 0 Å². The normalized spacial score (nSPS) is 21.3. The molecule has 23 heavy (non-hydrogen) atoms. The second-order valence-corrected chi connectivity index (χ2v) is 5.49. The van der Waals surface area contributed by atoms with Gasteiger partial charge in [0.2, 0.25) is 11.8 Å². The van der Waals surface area contributed by atoms with Crippen LogP contribution in [0, 0.1) is 11.7 Å². The number of benzene rings is 1. The summed E-state index contributed by atoms with van der Waals surface area (Å²) in [5.74, 6) is -1.12. The quantitative estimate of drug-likeness (QED) is 0.943. The predicted molar refractivity (Wildman–Crippen MR) is 79.8 cm³/mol. The zero-order chi connectivity index (χ0) is 16.4. The second-order valence-electron chi connectivity index (χ2n) is 5.49. The molecule has 2 amide bonds. The molecule has 6 nitrogen and oxygen atoms in total. The molecule has 1 fully saturated rings. The SMILES string of the molecule is CN1C(=O)CC[C@H](C(=O)Nc2ccon2)[C@@H]1c1ccccc1F. The number of piperidine rings is 1. The molecular formula is C16H16FN3O3. The predicted octanol–water partition coefficient (Wildman–Crippen LogP) is 2.36. The Kier molecular flexibility index (Phi) is 4.10. The third-order valence-corrected chi connectivity index (χ3v) is 4.11. The number of carbonyl (C=O) groups excluding carboxylic acids is 2. The van der Waals surface area contributed by atoms with Crippen LogP contribution in [0.3, 0.4) is 0 Å². The maximum absolute atomic E-state index is 14.2. The number of carbonyl (C=O) groups is 2. The van der Waals surface area contributed by atoms with Crippen LogP contribution in [-0.4, -0.2) is 28.9 Å². The van der Waals surface area contributed by atoms with Gasteiger partial charge in [0.15, 0.2) is 5.82 Å². The van der Waals surface area contributed by atoms with Crippen LogP contribution < -0.4 is 5.32 Å². The molecule has 0 saturated carbocycles. The molecule has 0 unspecified atom stereocenters. The average molecular weight is 317 g/mol. The lowest BCUT2D eigenvalue weighted by atomic mass is 9.83. The van der Waals surface area contributed by atoms with Gasteiger partial charge in [-0.2, -0.15) is 0 Å². The van der Waals surface area contributed by atoms with Crippen LogP contribution in [0.15, 0.2) is 41.1 Å². The highest BCUT2D eigenvalue weighted by Crippen LogP contribution is 2.37. The summed E-state index contributed by atoms with van der Waals surface area (Å²) < 4.78 is 18.9. The molecule has 0 spiro atoms. The molecule has 0 radical (unpaired) electrons. The summed E-state index contributed by atoms with van der Waals surface area (Å²) in [4.78, 5) is 26.0. The summed E-state index contributed by atoms with van der Waals surface area (Å²) in [7, 11) is 1.59. The second kappa shape index (κ2) is 6.20. The van der Waals surface area contributed by atoms with E-state index in [2.05, 4.69) is 15.0 Å².